The first-order chi connectivity index (χ1) is 8.12. The van der Waals surface area contributed by atoms with Crippen molar-refractivity contribution in [3.8, 4) is 0 Å². The molecule has 0 fully saturated rings. The predicted octanol–water partition coefficient (Wildman–Crippen LogP) is 1.29. The SMILES string of the molecule is CCCc1nc(NC)cc(N(C)C(C)CO)n1. The van der Waals surface area contributed by atoms with Crippen LogP contribution >= 0.6 is 0 Å². The molecule has 17 heavy (non-hydrogen) atoms. The van der Waals surface area contributed by atoms with Gasteiger partial charge in [-0.15, -0.1) is 0 Å². The van der Waals surface area contributed by atoms with Crippen molar-refractivity contribution in [1.82, 2.24) is 9.97 Å². The zero-order chi connectivity index (χ0) is 12.8. The predicted molar refractivity (Wildman–Crippen MR) is 70.5 cm³/mol. The fourth-order valence-electron chi connectivity index (χ4n) is 1.48. The van der Waals surface area contributed by atoms with Crippen molar-refractivity contribution >= 4 is 11.6 Å². The number of likely N-dealkylation sites (N-methyl/N-ethyl adjacent to an activating group) is 1. The van der Waals surface area contributed by atoms with Gasteiger partial charge in [0, 0.05) is 26.6 Å². The number of nitrogens with one attached hydrogen (secondary N) is 1. The van der Waals surface area contributed by atoms with Crippen LogP contribution in [0.5, 0.6) is 0 Å². The maximum absolute atomic E-state index is 9.16. The van der Waals surface area contributed by atoms with Gasteiger partial charge in [0.25, 0.3) is 0 Å². The highest BCUT2D eigenvalue weighted by atomic mass is 16.3. The third kappa shape index (κ3) is 3.56. The summed E-state index contributed by atoms with van der Waals surface area (Å²) in [5.41, 5.74) is 0. The molecule has 0 radical (unpaired) electrons. The van der Waals surface area contributed by atoms with Crippen molar-refractivity contribution in [2.75, 3.05) is 30.9 Å². The van der Waals surface area contributed by atoms with Crippen LogP contribution in [-0.4, -0.2) is 41.8 Å². The van der Waals surface area contributed by atoms with E-state index in [1.165, 1.54) is 0 Å². The molecule has 0 spiro atoms. The second kappa shape index (κ2) is 6.39. The second-order valence-corrected chi connectivity index (χ2v) is 4.17. The largest absolute Gasteiger partial charge is 0.394 e. The number of aromatic nitrogens is 2. The van der Waals surface area contributed by atoms with Gasteiger partial charge in [-0.1, -0.05) is 6.92 Å². The molecular weight excluding hydrogens is 216 g/mol. The van der Waals surface area contributed by atoms with E-state index < -0.39 is 0 Å². The molecule has 1 rings (SSSR count). The zero-order valence-corrected chi connectivity index (χ0v) is 11.1. The summed E-state index contributed by atoms with van der Waals surface area (Å²) in [6, 6.07) is 1.94. The summed E-state index contributed by atoms with van der Waals surface area (Å²) >= 11 is 0. The van der Waals surface area contributed by atoms with Gasteiger partial charge in [0.2, 0.25) is 0 Å². The molecule has 0 bridgehead atoms. The third-order valence-corrected chi connectivity index (χ3v) is 2.78. The standard InChI is InChI=1S/C12H22N4O/c1-5-6-10-14-11(13-3)7-12(15-10)16(4)9(2)8-17/h7,9,17H,5-6,8H2,1-4H3,(H,13,14,15). The van der Waals surface area contributed by atoms with Crippen LogP contribution in [0.25, 0.3) is 0 Å². The lowest BCUT2D eigenvalue weighted by molar-refractivity contribution is 0.269. The third-order valence-electron chi connectivity index (χ3n) is 2.78. The van der Waals surface area contributed by atoms with Gasteiger partial charge in [-0.2, -0.15) is 0 Å². The Bertz CT molecular complexity index is 356. The lowest BCUT2D eigenvalue weighted by atomic mass is 10.3. The Morgan fingerprint density at radius 2 is 2.18 bits per heavy atom. The van der Waals surface area contributed by atoms with Crippen LogP contribution in [0.4, 0.5) is 11.6 Å². The fraction of sp³-hybridized carbons (Fsp3) is 0.667. The zero-order valence-electron chi connectivity index (χ0n) is 11.1. The van der Waals surface area contributed by atoms with E-state index in [9.17, 15) is 0 Å². The van der Waals surface area contributed by atoms with Gasteiger partial charge in [-0.3, -0.25) is 0 Å². The Labute approximate surface area is 103 Å². The van der Waals surface area contributed by atoms with E-state index in [0.717, 1.165) is 30.3 Å². The average Bonchev–Trinajstić information content (AvgIpc) is 2.36. The molecule has 0 aliphatic heterocycles. The van der Waals surface area contributed by atoms with Crippen LogP contribution in [0.1, 0.15) is 26.1 Å². The molecule has 2 N–H and O–H groups in total. The highest BCUT2D eigenvalue weighted by Gasteiger charge is 2.12. The molecule has 0 aliphatic carbocycles. The number of rotatable bonds is 6. The van der Waals surface area contributed by atoms with Crippen LogP contribution in [0.2, 0.25) is 0 Å². The topological polar surface area (TPSA) is 61.3 Å². The van der Waals surface area contributed by atoms with Gasteiger partial charge < -0.3 is 15.3 Å². The minimum Gasteiger partial charge on any atom is -0.394 e. The molecule has 1 aromatic rings. The monoisotopic (exact) mass is 238 g/mol. The van der Waals surface area contributed by atoms with E-state index in [4.69, 9.17) is 5.11 Å². The molecule has 0 amide bonds. The van der Waals surface area contributed by atoms with Gasteiger partial charge in [0.05, 0.1) is 12.6 Å². The minimum absolute atomic E-state index is 0.0454. The summed E-state index contributed by atoms with van der Waals surface area (Å²) in [6.45, 7) is 4.17. The van der Waals surface area contributed by atoms with Crippen molar-refractivity contribution in [3.05, 3.63) is 11.9 Å². The summed E-state index contributed by atoms with van der Waals surface area (Å²) < 4.78 is 0. The first kappa shape index (κ1) is 13.7. The van der Waals surface area contributed by atoms with E-state index in [2.05, 4.69) is 22.2 Å². The number of nitrogens with zero attached hydrogens (tertiary/aromatic N) is 3. The molecule has 5 heteroatoms. The highest BCUT2D eigenvalue weighted by Crippen LogP contribution is 2.17. The van der Waals surface area contributed by atoms with Crippen LogP contribution in [0.3, 0.4) is 0 Å². The Morgan fingerprint density at radius 3 is 2.71 bits per heavy atom. The Hall–Kier alpha value is -1.36. The number of hydrogen-bond acceptors (Lipinski definition) is 5. The van der Waals surface area contributed by atoms with Crippen LogP contribution in [0, 0.1) is 0 Å². The number of anilines is 2. The van der Waals surface area contributed by atoms with Crippen LogP contribution in [-0.2, 0) is 6.42 Å². The molecule has 0 aromatic carbocycles. The molecule has 1 unspecified atom stereocenters. The highest BCUT2D eigenvalue weighted by molar-refractivity contribution is 5.49. The fourth-order valence-corrected chi connectivity index (χ4v) is 1.48. The first-order valence-corrected chi connectivity index (χ1v) is 6.01. The number of hydrogen-bond donors (Lipinski definition) is 2. The first-order valence-electron chi connectivity index (χ1n) is 6.01. The summed E-state index contributed by atoms with van der Waals surface area (Å²) in [5.74, 6) is 2.50. The maximum Gasteiger partial charge on any atom is 0.134 e. The number of aliphatic hydroxyl groups excluding tert-OH is 1. The van der Waals surface area contributed by atoms with Crippen LogP contribution in [0.15, 0.2) is 6.07 Å². The maximum atomic E-state index is 9.16. The van der Waals surface area contributed by atoms with Crippen molar-refractivity contribution in [1.29, 1.82) is 0 Å². The van der Waals surface area contributed by atoms with Gasteiger partial charge >= 0.3 is 0 Å². The molecule has 96 valence electrons. The quantitative estimate of drug-likeness (QED) is 0.782. The summed E-state index contributed by atoms with van der Waals surface area (Å²) in [4.78, 5) is 10.9. The summed E-state index contributed by atoms with van der Waals surface area (Å²) in [6.07, 6.45) is 1.88. The summed E-state index contributed by atoms with van der Waals surface area (Å²) in [5, 5.41) is 12.2. The number of aryl methyl sites for hydroxylation is 1. The normalized spacial score (nSPS) is 12.3. The lowest BCUT2D eigenvalue weighted by Crippen LogP contribution is -2.32. The summed E-state index contributed by atoms with van der Waals surface area (Å²) in [7, 11) is 3.77. The molecule has 1 heterocycles. The van der Waals surface area contributed by atoms with E-state index in [1.54, 1.807) is 0 Å². The Balaban J connectivity index is 3.01. The van der Waals surface area contributed by atoms with Crippen molar-refractivity contribution < 1.29 is 5.11 Å². The molecule has 1 atom stereocenters. The molecule has 1 aromatic heterocycles. The van der Waals surface area contributed by atoms with E-state index in [0.29, 0.717) is 0 Å². The molecule has 0 saturated carbocycles. The van der Waals surface area contributed by atoms with Crippen LogP contribution < -0.4 is 10.2 Å². The van der Waals surface area contributed by atoms with E-state index in [1.807, 2.05) is 32.0 Å². The van der Waals surface area contributed by atoms with E-state index >= 15 is 0 Å². The van der Waals surface area contributed by atoms with Crippen molar-refractivity contribution in [2.45, 2.75) is 32.7 Å². The molecule has 5 nitrogen and oxygen atoms in total. The average molecular weight is 238 g/mol. The lowest BCUT2D eigenvalue weighted by Gasteiger charge is -2.24. The van der Waals surface area contributed by atoms with Crippen molar-refractivity contribution in [2.24, 2.45) is 0 Å². The van der Waals surface area contributed by atoms with Gasteiger partial charge in [-0.25, -0.2) is 9.97 Å². The van der Waals surface area contributed by atoms with Crippen molar-refractivity contribution in [3.63, 3.8) is 0 Å². The van der Waals surface area contributed by atoms with Gasteiger partial charge in [-0.05, 0) is 13.3 Å². The number of aliphatic hydroxyl groups is 1. The smallest absolute Gasteiger partial charge is 0.134 e. The Morgan fingerprint density at radius 1 is 1.47 bits per heavy atom. The molecule has 0 saturated heterocycles. The molecule has 0 aliphatic rings. The minimum atomic E-state index is 0.0454. The Kier molecular flexibility index (Phi) is 5.15. The van der Waals surface area contributed by atoms with Gasteiger partial charge in [0.1, 0.15) is 17.5 Å². The van der Waals surface area contributed by atoms with E-state index in [-0.39, 0.29) is 12.6 Å². The molecular formula is C12H22N4O. The van der Waals surface area contributed by atoms with Gasteiger partial charge in [0.15, 0.2) is 0 Å². The second-order valence-electron chi connectivity index (χ2n) is 4.17.